The van der Waals surface area contributed by atoms with Crippen LogP contribution in [0.25, 0.3) is 27.5 Å². The lowest BCUT2D eigenvalue weighted by Gasteiger charge is -2.01. The smallest absolute Gasteiger partial charge is 0.266 e. The summed E-state index contributed by atoms with van der Waals surface area (Å²) in [6.07, 6.45) is 0. The van der Waals surface area contributed by atoms with Crippen LogP contribution in [-0.4, -0.2) is 9.38 Å². The number of hydrogen-bond acceptors (Lipinski definition) is 3. The second-order valence-electron chi connectivity index (χ2n) is 4.78. The van der Waals surface area contributed by atoms with Crippen LogP contribution in [0, 0.1) is 5.53 Å². The number of halogens is 1. The number of aromatic amines is 1. The first-order valence-corrected chi connectivity index (χ1v) is 6.70. The zero-order chi connectivity index (χ0) is 14.6. The maximum Gasteiger partial charge on any atom is 0.266 e. The number of nitrogens with one attached hydrogen (secondary N) is 2. The van der Waals surface area contributed by atoms with Gasteiger partial charge in [0, 0.05) is 10.4 Å². The van der Waals surface area contributed by atoms with Crippen molar-refractivity contribution in [2.75, 3.05) is 0 Å². The molecule has 2 heterocycles. The predicted molar refractivity (Wildman–Crippen MR) is 82.8 cm³/mol. The Balaban J connectivity index is 2.39. The van der Waals surface area contributed by atoms with Crippen molar-refractivity contribution in [1.82, 2.24) is 9.38 Å². The van der Waals surface area contributed by atoms with E-state index in [1.54, 1.807) is 28.7 Å². The fourth-order valence-corrected chi connectivity index (χ4v) is 2.88. The van der Waals surface area contributed by atoms with Gasteiger partial charge in [-0.15, -0.1) is 0 Å². The largest absolute Gasteiger partial charge is 0.339 e. The second-order valence-corrected chi connectivity index (χ2v) is 5.22. The van der Waals surface area contributed by atoms with E-state index in [0.29, 0.717) is 38.2 Å². The highest BCUT2D eigenvalue weighted by atomic mass is 35.5. The van der Waals surface area contributed by atoms with Crippen molar-refractivity contribution in [2.24, 2.45) is 5.11 Å². The summed E-state index contributed by atoms with van der Waals surface area (Å²) >= 11 is 6.02. The lowest BCUT2D eigenvalue weighted by Crippen LogP contribution is -2.13. The van der Waals surface area contributed by atoms with E-state index in [1.165, 1.54) is 0 Å². The minimum absolute atomic E-state index is 0.137. The molecule has 0 saturated carbocycles. The van der Waals surface area contributed by atoms with Crippen molar-refractivity contribution in [3.63, 3.8) is 0 Å². The average Bonchev–Trinajstić information content (AvgIpc) is 2.80. The van der Waals surface area contributed by atoms with Crippen LogP contribution in [0.1, 0.15) is 0 Å². The molecular weight excluding hydrogens is 288 g/mol. The maximum absolute atomic E-state index is 12.7. The standard InChI is InChI=1S/C15H9ClN4O/c16-8-5-6-12-10(7-8)13(19-17)14-18-11-4-2-1-3-9(11)15(21)20(12)14/h1-7,17-18H. The molecular formula is C15H9ClN4O. The van der Waals surface area contributed by atoms with Crippen LogP contribution in [-0.2, 0) is 0 Å². The Morgan fingerprint density at radius 1 is 1.14 bits per heavy atom. The molecule has 0 aliphatic heterocycles. The minimum Gasteiger partial charge on any atom is -0.339 e. The molecule has 0 unspecified atom stereocenters. The van der Waals surface area contributed by atoms with E-state index in [1.807, 2.05) is 18.2 Å². The van der Waals surface area contributed by atoms with Crippen molar-refractivity contribution in [2.45, 2.75) is 0 Å². The van der Waals surface area contributed by atoms with Gasteiger partial charge in [0.1, 0.15) is 11.3 Å². The minimum atomic E-state index is -0.137. The summed E-state index contributed by atoms with van der Waals surface area (Å²) in [5, 5.41) is 5.39. The molecule has 0 radical (unpaired) electrons. The normalized spacial score (nSPS) is 11.5. The van der Waals surface area contributed by atoms with Crippen LogP contribution in [0.3, 0.4) is 0 Å². The van der Waals surface area contributed by atoms with Crippen LogP contribution in [0.2, 0.25) is 5.02 Å². The van der Waals surface area contributed by atoms with Crippen LogP contribution in [0.15, 0.2) is 52.4 Å². The molecule has 0 amide bonds. The number of benzene rings is 2. The topological polar surface area (TPSA) is 73.5 Å². The highest BCUT2D eigenvalue weighted by Gasteiger charge is 2.16. The van der Waals surface area contributed by atoms with Gasteiger partial charge in [-0.05, 0) is 30.3 Å². The summed E-state index contributed by atoms with van der Waals surface area (Å²) in [5.74, 6) is 0. The van der Waals surface area contributed by atoms with Gasteiger partial charge in [0.05, 0.1) is 16.4 Å². The first-order valence-electron chi connectivity index (χ1n) is 6.33. The predicted octanol–water partition coefficient (Wildman–Crippen LogP) is 4.25. The van der Waals surface area contributed by atoms with Crippen LogP contribution in [0.5, 0.6) is 0 Å². The molecule has 0 atom stereocenters. The molecule has 0 bridgehead atoms. The zero-order valence-electron chi connectivity index (χ0n) is 10.7. The molecule has 0 aliphatic rings. The van der Waals surface area contributed by atoms with E-state index in [4.69, 9.17) is 17.1 Å². The van der Waals surface area contributed by atoms with E-state index >= 15 is 0 Å². The molecule has 6 heteroatoms. The molecule has 102 valence electrons. The third-order valence-corrected chi connectivity index (χ3v) is 3.86. The van der Waals surface area contributed by atoms with Gasteiger partial charge in [-0.25, -0.2) is 5.53 Å². The summed E-state index contributed by atoms with van der Waals surface area (Å²) in [5.41, 5.74) is 9.60. The number of para-hydroxylation sites is 1. The quantitative estimate of drug-likeness (QED) is 0.506. The summed E-state index contributed by atoms with van der Waals surface area (Å²) in [6, 6.07) is 12.5. The fourth-order valence-electron chi connectivity index (χ4n) is 2.71. The van der Waals surface area contributed by atoms with Crippen LogP contribution >= 0.6 is 11.6 Å². The van der Waals surface area contributed by atoms with E-state index in [2.05, 4.69) is 10.1 Å². The Bertz CT molecular complexity index is 1090. The lowest BCUT2D eigenvalue weighted by atomic mass is 10.2. The summed E-state index contributed by atoms with van der Waals surface area (Å²) < 4.78 is 1.54. The first kappa shape index (κ1) is 12.1. The maximum atomic E-state index is 12.7. The van der Waals surface area contributed by atoms with Crippen molar-refractivity contribution in [1.29, 1.82) is 5.53 Å². The molecule has 2 aromatic carbocycles. The van der Waals surface area contributed by atoms with E-state index in [-0.39, 0.29) is 5.56 Å². The SMILES string of the molecule is N=Nc1c2cc(Cl)ccc2n2c(=O)c3ccccc3[nH]c12. The van der Waals surface area contributed by atoms with E-state index < -0.39 is 0 Å². The van der Waals surface area contributed by atoms with Crippen molar-refractivity contribution in [3.05, 3.63) is 57.8 Å². The Morgan fingerprint density at radius 2 is 1.95 bits per heavy atom. The zero-order valence-corrected chi connectivity index (χ0v) is 11.5. The molecule has 4 rings (SSSR count). The third kappa shape index (κ3) is 1.55. The molecule has 0 saturated heterocycles. The van der Waals surface area contributed by atoms with E-state index in [0.717, 1.165) is 0 Å². The van der Waals surface area contributed by atoms with Crippen LogP contribution < -0.4 is 5.56 Å². The van der Waals surface area contributed by atoms with Crippen molar-refractivity contribution in [3.8, 4) is 0 Å². The van der Waals surface area contributed by atoms with Gasteiger partial charge in [-0.3, -0.25) is 9.20 Å². The molecule has 0 spiro atoms. The highest BCUT2D eigenvalue weighted by Crippen LogP contribution is 2.34. The number of fused-ring (bicyclic) bond motifs is 4. The molecule has 2 N–H and O–H groups in total. The Hall–Kier alpha value is -2.66. The number of H-pyrrole nitrogens is 1. The number of nitrogens with zero attached hydrogens (tertiary/aromatic N) is 2. The van der Waals surface area contributed by atoms with Gasteiger partial charge >= 0.3 is 0 Å². The molecule has 21 heavy (non-hydrogen) atoms. The van der Waals surface area contributed by atoms with Crippen LogP contribution in [0.4, 0.5) is 5.69 Å². The van der Waals surface area contributed by atoms with Gasteiger partial charge < -0.3 is 4.98 Å². The summed E-state index contributed by atoms with van der Waals surface area (Å²) in [7, 11) is 0. The lowest BCUT2D eigenvalue weighted by molar-refractivity contribution is 1.12. The van der Waals surface area contributed by atoms with Gasteiger partial charge in [-0.2, -0.15) is 5.11 Å². The molecule has 2 aromatic heterocycles. The van der Waals surface area contributed by atoms with Gasteiger partial charge in [0.2, 0.25) is 0 Å². The fraction of sp³-hybridized carbons (Fsp3) is 0. The van der Waals surface area contributed by atoms with Gasteiger partial charge in [-0.1, -0.05) is 23.7 Å². The summed E-state index contributed by atoms with van der Waals surface area (Å²) in [4.78, 5) is 15.9. The van der Waals surface area contributed by atoms with E-state index in [9.17, 15) is 4.79 Å². The Morgan fingerprint density at radius 3 is 2.76 bits per heavy atom. The Kier molecular flexibility index (Phi) is 2.40. The number of aromatic nitrogens is 2. The Labute approximate surface area is 123 Å². The van der Waals surface area contributed by atoms with Gasteiger partial charge in [0.15, 0.2) is 0 Å². The third-order valence-electron chi connectivity index (χ3n) is 3.63. The monoisotopic (exact) mass is 296 g/mol. The average molecular weight is 297 g/mol. The van der Waals surface area contributed by atoms with Crippen molar-refractivity contribution >= 4 is 44.7 Å². The molecule has 4 aromatic rings. The first-order chi connectivity index (χ1) is 10.2. The molecule has 0 fully saturated rings. The van der Waals surface area contributed by atoms with Crippen molar-refractivity contribution < 1.29 is 0 Å². The van der Waals surface area contributed by atoms with Gasteiger partial charge in [0.25, 0.3) is 5.56 Å². The highest BCUT2D eigenvalue weighted by molar-refractivity contribution is 6.31. The molecule has 5 nitrogen and oxygen atoms in total. The number of rotatable bonds is 1. The summed E-state index contributed by atoms with van der Waals surface area (Å²) in [6.45, 7) is 0. The molecule has 0 aliphatic carbocycles. The second kappa shape index (κ2) is 4.17. The number of hydrogen-bond donors (Lipinski definition) is 2.